The molecule has 8 heteroatoms. The number of carbonyl (C=O) groups is 1. The highest BCUT2D eigenvalue weighted by molar-refractivity contribution is 7.99. The summed E-state index contributed by atoms with van der Waals surface area (Å²) in [4.78, 5) is 34.2. The number of morpholine rings is 1. The second-order valence-electron chi connectivity index (χ2n) is 7.21. The predicted molar refractivity (Wildman–Crippen MR) is 109 cm³/mol. The first-order valence-electron chi connectivity index (χ1n) is 9.90. The lowest BCUT2D eigenvalue weighted by Crippen LogP contribution is -2.39. The van der Waals surface area contributed by atoms with Crippen LogP contribution >= 0.6 is 11.8 Å². The minimum absolute atomic E-state index is 0.0261. The fourth-order valence-corrected chi connectivity index (χ4v) is 4.95. The highest BCUT2D eigenvalue weighted by Crippen LogP contribution is 2.29. The van der Waals surface area contributed by atoms with E-state index >= 15 is 0 Å². The standard InChI is InChI=1S/C19H30N4O3S/c1-3-27-15-5-4-14(12-15)21-17(24)7-6-16-13(2)20-19(22-18(16)25)23-8-10-26-11-9-23/h14-15H,3-12H2,1-2H3,(H,21,24)(H,20,22,25). The fraction of sp³-hybridized carbons (Fsp3) is 0.737. The van der Waals surface area contributed by atoms with Gasteiger partial charge in [0.1, 0.15) is 0 Å². The number of ether oxygens (including phenoxy) is 1. The topological polar surface area (TPSA) is 87.3 Å². The number of aromatic nitrogens is 2. The van der Waals surface area contributed by atoms with E-state index in [1.54, 1.807) is 0 Å². The lowest BCUT2D eigenvalue weighted by Gasteiger charge is -2.27. The summed E-state index contributed by atoms with van der Waals surface area (Å²) in [5, 5.41) is 3.80. The first-order chi connectivity index (χ1) is 13.1. The number of amides is 1. The van der Waals surface area contributed by atoms with Crippen LogP contribution in [0.5, 0.6) is 0 Å². The van der Waals surface area contributed by atoms with Crippen LogP contribution in [0.2, 0.25) is 0 Å². The number of carbonyl (C=O) groups excluding carboxylic acids is 1. The number of anilines is 1. The van der Waals surface area contributed by atoms with E-state index in [1.165, 1.54) is 6.42 Å². The maximum absolute atomic E-state index is 12.5. The summed E-state index contributed by atoms with van der Waals surface area (Å²) in [7, 11) is 0. The van der Waals surface area contributed by atoms with Crippen molar-refractivity contribution >= 4 is 23.6 Å². The van der Waals surface area contributed by atoms with Crippen LogP contribution in [0.25, 0.3) is 0 Å². The molecule has 1 aromatic heterocycles. The molecule has 7 nitrogen and oxygen atoms in total. The van der Waals surface area contributed by atoms with E-state index in [0.29, 0.717) is 48.5 Å². The second kappa shape index (κ2) is 9.59. The lowest BCUT2D eigenvalue weighted by atomic mass is 10.1. The fourth-order valence-electron chi connectivity index (χ4n) is 3.81. The molecule has 1 amide bonds. The van der Waals surface area contributed by atoms with Gasteiger partial charge >= 0.3 is 0 Å². The van der Waals surface area contributed by atoms with E-state index in [0.717, 1.165) is 31.7 Å². The van der Waals surface area contributed by atoms with E-state index in [-0.39, 0.29) is 17.5 Å². The van der Waals surface area contributed by atoms with Crippen LogP contribution in [0.15, 0.2) is 4.79 Å². The molecule has 2 atom stereocenters. The van der Waals surface area contributed by atoms with Crippen LogP contribution in [-0.4, -0.2) is 59.2 Å². The second-order valence-corrected chi connectivity index (χ2v) is 8.79. The Morgan fingerprint density at radius 2 is 2.15 bits per heavy atom. The van der Waals surface area contributed by atoms with E-state index in [9.17, 15) is 9.59 Å². The van der Waals surface area contributed by atoms with Crippen molar-refractivity contribution in [3.05, 3.63) is 21.6 Å². The molecule has 2 N–H and O–H groups in total. The van der Waals surface area contributed by atoms with Crippen molar-refractivity contribution in [3.8, 4) is 0 Å². The van der Waals surface area contributed by atoms with Gasteiger partial charge in [0.05, 0.1) is 13.2 Å². The number of hydrogen-bond donors (Lipinski definition) is 2. The molecule has 0 bridgehead atoms. The summed E-state index contributed by atoms with van der Waals surface area (Å²) >= 11 is 1.98. The third-order valence-corrected chi connectivity index (χ3v) is 6.51. The zero-order chi connectivity index (χ0) is 19.2. The lowest BCUT2D eigenvalue weighted by molar-refractivity contribution is -0.121. The molecular formula is C19H30N4O3S. The molecule has 1 aliphatic carbocycles. The van der Waals surface area contributed by atoms with Crippen molar-refractivity contribution in [2.24, 2.45) is 0 Å². The molecule has 1 saturated carbocycles. The van der Waals surface area contributed by atoms with E-state index in [1.807, 2.05) is 23.6 Å². The van der Waals surface area contributed by atoms with Crippen molar-refractivity contribution < 1.29 is 9.53 Å². The maximum atomic E-state index is 12.5. The molecule has 1 saturated heterocycles. The Bertz CT molecular complexity index is 703. The number of nitrogens with one attached hydrogen (secondary N) is 2. The number of aryl methyl sites for hydroxylation is 1. The Kier molecular flexibility index (Phi) is 7.18. The zero-order valence-corrected chi connectivity index (χ0v) is 17.1. The molecule has 27 heavy (non-hydrogen) atoms. The first kappa shape index (κ1) is 20.2. The summed E-state index contributed by atoms with van der Waals surface area (Å²) in [6, 6.07) is 0.280. The number of thioether (sulfide) groups is 1. The summed E-state index contributed by atoms with van der Waals surface area (Å²) in [6.45, 7) is 6.75. The Labute approximate surface area is 164 Å². The maximum Gasteiger partial charge on any atom is 0.255 e. The Morgan fingerprint density at radius 1 is 1.37 bits per heavy atom. The molecule has 2 aliphatic rings. The van der Waals surface area contributed by atoms with Crippen molar-refractivity contribution in [1.29, 1.82) is 0 Å². The molecule has 0 aromatic carbocycles. The third-order valence-electron chi connectivity index (χ3n) is 5.27. The van der Waals surface area contributed by atoms with Crippen LogP contribution in [-0.2, 0) is 16.0 Å². The van der Waals surface area contributed by atoms with Gasteiger partial charge in [-0.25, -0.2) is 4.98 Å². The molecular weight excluding hydrogens is 364 g/mol. The van der Waals surface area contributed by atoms with E-state index in [2.05, 4.69) is 22.2 Å². The van der Waals surface area contributed by atoms with Gasteiger partial charge in [0, 0.05) is 42.1 Å². The third kappa shape index (κ3) is 5.48. The largest absolute Gasteiger partial charge is 0.378 e. The van der Waals surface area contributed by atoms with Gasteiger partial charge < -0.3 is 15.0 Å². The van der Waals surface area contributed by atoms with E-state index < -0.39 is 0 Å². The van der Waals surface area contributed by atoms with Crippen molar-refractivity contribution in [2.45, 2.75) is 57.2 Å². The Balaban J connectivity index is 1.53. The van der Waals surface area contributed by atoms with Crippen LogP contribution in [0.4, 0.5) is 5.95 Å². The van der Waals surface area contributed by atoms with Crippen LogP contribution in [0, 0.1) is 6.92 Å². The van der Waals surface area contributed by atoms with Gasteiger partial charge in [0.2, 0.25) is 11.9 Å². The van der Waals surface area contributed by atoms with Crippen molar-refractivity contribution in [1.82, 2.24) is 15.3 Å². The van der Waals surface area contributed by atoms with Gasteiger partial charge in [-0.2, -0.15) is 11.8 Å². The van der Waals surface area contributed by atoms with Gasteiger partial charge in [0.25, 0.3) is 5.56 Å². The molecule has 1 aliphatic heterocycles. The predicted octanol–water partition coefficient (Wildman–Crippen LogP) is 1.64. The molecule has 1 aromatic rings. The van der Waals surface area contributed by atoms with Gasteiger partial charge in [-0.1, -0.05) is 6.92 Å². The minimum atomic E-state index is -0.142. The van der Waals surface area contributed by atoms with Crippen LogP contribution in [0.3, 0.4) is 0 Å². The smallest absolute Gasteiger partial charge is 0.255 e. The van der Waals surface area contributed by atoms with Gasteiger partial charge in [-0.3, -0.25) is 14.6 Å². The number of H-pyrrole nitrogens is 1. The number of nitrogens with zero attached hydrogens (tertiary/aromatic N) is 2. The number of rotatable bonds is 7. The average Bonchev–Trinajstić information content (AvgIpc) is 3.09. The monoisotopic (exact) mass is 394 g/mol. The molecule has 150 valence electrons. The molecule has 3 rings (SSSR count). The zero-order valence-electron chi connectivity index (χ0n) is 16.3. The normalized spacial score (nSPS) is 22.8. The Morgan fingerprint density at radius 3 is 2.85 bits per heavy atom. The van der Waals surface area contributed by atoms with Gasteiger partial charge in [-0.05, 0) is 38.4 Å². The SMILES string of the molecule is CCSC1CCC(NC(=O)CCc2c(C)nc(N3CCOCC3)[nH]c2=O)C1. The summed E-state index contributed by atoms with van der Waals surface area (Å²) in [6.07, 6.45) is 4.03. The molecule has 0 spiro atoms. The molecule has 2 heterocycles. The highest BCUT2D eigenvalue weighted by Gasteiger charge is 2.25. The minimum Gasteiger partial charge on any atom is -0.378 e. The van der Waals surface area contributed by atoms with Gasteiger partial charge in [0.15, 0.2) is 0 Å². The van der Waals surface area contributed by atoms with Crippen LogP contribution < -0.4 is 15.8 Å². The van der Waals surface area contributed by atoms with Gasteiger partial charge in [-0.15, -0.1) is 0 Å². The highest BCUT2D eigenvalue weighted by atomic mass is 32.2. The van der Waals surface area contributed by atoms with Crippen LogP contribution in [0.1, 0.15) is 43.9 Å². The summed E-state index contributed by atoms with van der Waals surface area (Å²) in [5.74, 6) is 1.75. The molecule has 2 fully saturated rings. The molecule has 0 radical (unpaired) electrons. The van der Waals surface area contributed by atoms with E-state index in [4.69, 9.17) is 4.74 Å². The van der Waals surface area contributed by atoms with Crippen molar-refractivity contribution in [3.63, 3.8) is 0 Å². The Hall–Kier alpha value is -1.54. The van der Waals surface area contributed by atoms with Crippen molar-refractivity contribution in [2.75, 3.05) is 37.0 Å². The number of hydrogen-bond acceptors (Lipinski definition) is 6. The molecule has 2 unspecified atom stereocenters. The quantitative estimate of drug-likeness (QED) is 0.731. The summed E-state index contributed by atoms with van der Waals surface area (Å²) in [5.41, 5.74) is 1.17. The summed E-state index contributed by atoms with van der Waals surface area (Å²) < 4.78 is 5.34. The first-order valence-corrected chi connectivity index (χ1v) is 10.9. The average molecular weight is 395 g/mol. The number of aromatic amines is 1.